The second kappa shape index (κ2) is 10.1. The Morgan fingerprint density at radius 1 is 1.18 bits per heavy atom. The van der Waals surface area contributed by atoms with Crippen LogP contribution < -0.4 is 5.32 Å². The molecular formula is C27H37N3O3. The summed E-state index contributed by atoms with van der Waals surface area (Å²) in [6, 6.07) is 8.14. The summed E-state index contributed by atoms with van der Waals surface area (Å²) in [4.78, 5) is 32.7. The zero-order valence-corrected chi connectivity index (χ0v) is 20.0. The van der Waals surface area contributed by atoms with Gasteiger partial charge in [-0.2, -0.15) is 0 Å². The summed E-state index contributed by atoms with van der Waals surface area (Å²) in [5.74, 6) is 0.824. The van der Waals surface area contributed by atoms with Gasteiger partial charge in [0.1, 0.15) is 5.82 Å². The van der Waals surface area contributed by atoms with E-state index in [1.54, 1.807) is 0 Å². The van der Waals surface area contributed by atoms with Gasteiger partial charge < -0.3 is 15.4 Å². The monoisotopic (exact) mass is 451 g/mol. The number of aromatic nitrogens is 2. The third kappa shape index (κ3) is 5.31. The van der Waals surface area contributed by atoms with Crippen LogP contribution in [-0.2, 0) is 16.0 Å². The number of aliphatic carboxylic acids is 1. The van der Waals surface area contributed by atoms with Crippen molar-refractivity contribution in [2.75, 3.05) is 6.54 Å². The van der Waals surface area contributed by atoms with Gasteiger partial charge >= 0.3 is 5.97 Å². The first-order chi connectivity index (χ1) is 15.8. The number of nitrogens with zero attached hydrogens (tertiary/aromatic N) is 1. The van der Waals surface area contributed by atoms with Crippen LogP contribution >= 0.6 is 0 Å². The van der Waals surface area contributed by atoms with E-state index in [9.17, 15) is 14.7 Å². The number of amides is 1. The second-order valence-electron chi connectivity index (χ2n) is 10.4. The van der Waals surface area contributed by atoms with Crippen LogP contribution in [0.25, 0.3) is 11.0 Å². The highest BCUT2D eigenvalue weighted by Gasteiger charge is 2.37. The molecule has 1 fully saturated rings. The van der Waals surface area contributed by atoms with Crippen molar-refractivity contribution >= 4 is 22.9 Å². The highest BCUT2D eigenvalue weighted by atomic mass is 16.4. The number of H-pyrrole nitrogens is 1. The van der Waals surface area contributed by atoms with Crippen LogP contribution in [0.3, 0.4) is 0 Å². The first-order valence-electron chi connectivity index (χ1n) is 12.5. The molecule has 0 radical (unpaired) electrons. The zero-order valence-electron chi connectivity index (χ0n) is 20.0. The van der Waals surface area contributed by atoms with Gasteiger partial charge in [-0.15, -0.1) is 0 Å². The first kappa shape index (κ1) is 23.5. The van der Waals surface area contributed by atoms with Gasteiger partial charge in [-0.25, -0.2) is 4.98 Å². The number of fused-ring (bicyclic) bond motifs is 1. The van der Waals surface area contributed by atoms with Crippen molar-refractivity contribution in [3.8, 4) is 0 Å². The molecule has 1 aromatic carbocycles. The normalized spacial score (nSPS) is 28.0. The minimum absolute atomic E-state index is 0.0833. The van der Waals surface area contributed by atoms with Gasteiger partial charge in [-0.3, -0.25) is 9.59 Å². The first-order valence-corrected chi connectivity index (χ1v) is 12.5. The summed E-state index contributed by atoms with van der Waals surface area (Å²) in [6.07, 6.45) is 7.41. The maximum absolute atomic E-state index is 12.9. The molecule has 0 bridgehead atoms. The van der Waals surface area contributed by atoms with Gasteiger partial charge in [-0.1, -0.05) is 50.5 Å². The summed E-state index contributed by atoms with van der Waals surface area (Å²) in [5, 5.41) is 12.7. The van der Waals surface area contributed by atoms with E-state index in [-0.39, 0.29) is 11.8 Å². The molecule has 178 valence electrons. The Morgan fingerprint density at radius 2 is 1.91 bits per heavy atom. The van der Waals surface area contributed by atoms with Crippen molar-refractivity contribution in [2.24, 2.45) is 35.5 Å². The molecule has 6 heteroatoms. The highest BCUT2D eigenvalue weighted by Crippen LogP contribution is 2.39. The number of carbonyl (C=O) groups excluding carboxylic acids is 1. The Balaban J connectivity index is 1.43. The molecule has 2 aliphatic carbocycles. The van der Waals surface area contributed by atoms with Gasteiger partial charge in [-0.05, 0) is 62.0 Å². The maximum atomic E-state index is 12.9. The fourth-order valence-electron chi connectivity index (χ4n) is 5.93. The summed E-state index contributed by atoms with van der Waals surface area (Å²) < 4.78 is 0. The van der Waals surface area contributed by atoms with Crippen molar-refractivity contribution in [1.82, 2.24) is 15.3 Å². The molecule has 4 rings (SSSR count). The molecule has 5 atom stereocenters. The topological polar surface area (TPSA) is 95.1 Å². The number of nitrogens with one attached hydrogen (secondary N) is 2. The van der Waals surface area contributed by atoms with E-state index in [2.05, 4.69) is 43.2 Å². The molecule has 3 N–H and O–H groups in total. The van der Waals surface area contributed by atoms with E-state index in [0.717, 1.165) is 42.5 Å². The Morgan fingerprint density at radius 3 is 2.61 bits per heavy atom. The number of hydrogen-bond donors (Lipinski definition) is 3. The Hall–Kier alpha value is -2.63. The number of para-hydroxylation sites is 2. The number of hydrogen-bond acceptors (Lipinski definition) is 3. The number of carboxylic acids is 1. The second-order valence-corrected chi connectivity index (χ2v) is 10.4. The number of allylic oxidation sites excluding steroid dienone is 1. The highest BCUT2D eigenvalue weighted by molar-refractivity contribution is 5.84. The van der Waals surface area contributed by atoms with E-state index in [0.29, 0.717) is 37.1 Å². The summed E-state index contributed by atoms with van der Waals surface area (Å²) in [5.41, 5.74) is 3.44. The van der Waals surface area contributed by atoms with Crippen LogP contribution in [0.1, 0.15) is 58.7 Å². The molecule has 0 unspecified atom stereocenters. The minimum Gasteiger partial charge on any atom is -0.481 e. The lowest BCUT2D eigenvalue weighted by Crippen LogP contribution is -2.43. The number of rotatable bonds is 7. The number of imidazole rings is 1. The molecule has 6 nitrogen and oxygen atoms in total. The molecule has 0 saturated heterocycles. The minimum atomic E-state index is -0.836. The van der Waals surface area contributed by atoms with Gasteiger partial charge in [0.2, 0.25) is 5.91 Å². The SMILES string of the molecule is CC1=C[C@@H](CNC(=O)[C@@H]2CCCC[C@@H]2C(=O)O)[C@H](C(C)C)C[C@H]1Cc1nc2ccccc2[nH]1. The maximum Gasteiger partial charge on any atom is 0.307 e. The van der Waals surface area contributed by atoms with Crippen LogP contribution in [0.15, 0.2) is 35.9 Å². The van der Waals surface area contributed by atoms with Gasteiger partial charge in [0.25, 0.3) is 0 Å². The fourth-order valence-corrected chi connectivity index (χ4v) is 5.93. The van der Waals surface area contributed by atoms with Crippen LogP contribution in [0, 0.1) is 35.5 Å². The molecule has 2 aliphatic rings. The molecule has 1 aromatic heterocycles. The molecular weight excluding hydrogens is 414 g/mol. The standard InChI is InChI=1S/C27H37N3O3/c1-16(2)22-13-18(14-25-29-23-10-6-7-11-24(23)30-25)17(3)12-19(22)15-28-26(31)20-8-4-5-9-21(20)27(32)33/h6-7,10-12,16,18-22H,4-5,8-9,13-15H2,1-3H3,(H,28,31)(H,29,30)(H,32,33)/t18-,19-,20+,21-,22-/m0/s1. The predicted molar refractivity (Wildman–Crippen MR) is 130 cm³/mol. The lowest BCUT2D eigenvalue weighted by atomic mass is 9.69. The van der Waals surface area contributed by atoms with Crippen molar-refractivity contribution in [3.63, 3.8) is 0 Å². The molecule has 1 heterocycles. The lowest BCUT2D eigenvalue weighted by molar-refractivity contribution is -0.149. The van der Waals surface area contributed by atoms with Gasteiger partial charge in [0, 0.05) is 13.0 Å². The van der Waals surface area contributed by atoms with E-state index >= 15 is 0 Å². The summed E-state index contributed by atoms with van der Waals surface area (Å²) in [6.45, 7) is 7.29. The molecule has 33 heavy (non-hydrogen) atoms. The lowest BCUT2D eigenvalue weighted by Gasteiger charge is -2.37. The fraction of sp³-hybridized carbons (Fsp3) is 0.593. The smallest absolute Gasteiger partial charge is 0.307 e. The molecule has 1 saturated carbocycles. The third-order valence-electron chi connectivity index (χ3n) is 7.89. The Bertz CT molecular complexity index is 992. The molecule has 0 aliphatic heterocycles. The Labute approximate surface area is 196 Å². The van der Waals surface area contributed by atoms with Gasteiger partial charge in [0.05, 0.1) is 22.9 Å². The van der Waals surface area contributed by atoms with Gasteiger partial charge in [0.15, 0.2) is 0 Å². The van der Waals surface area contributed by atoms with E-state index in [1.165, 1.54) is 5.57 Å². The van der Waals surface area contributed by atoms with Crippen LogP contribution in [0.4, 0.5) is 0 Å². The van der Waals surface area contributed by atoms with Crippen molar-refractivity contribution in [2.45, 2.75) is 59.3 Å². The van der Waals surface area contributed by atoms with Crippen LogP contribution in [-0.4, -0.2) is 33.5 Å². The van der Waals surface area contributed by atoms with E-state index < -0.39 is 17.8 Å². The molecule has 2 aromatic rings. The average Bonchev–Trinajstić information content (AvgIpc) is 3.21. The number of carbonyl (C=O) groups is 2. The zero-order chi connectivity index (χ0) is 23.5. The van der Waals surface area contributed by atoms with E-state index in [4.69, 9.17) is 4.98 Å². The van der Waals surface area contributed by atoms with Crippen LogP contribution in [0.2, 0.25) is 0 Å². The Kier molecular flexibility index (Phi) is 7.20. The average molecular weight is 452 g/mol. The summed E-state index contributed by atoms with van der Waals surface area (Å²) in [7, 11) is 0. The quantitative estimate of drug-likeness (QED) is 0.518. The largest absolute Gasteiger partial charge is 0.481 e. The van der Waals surface area contributed by atoms with E-state index in [1.807, 2.05) is 18.2 Å². The predicted octanol–water partition coefficient (Wildman–Crippen LogP) is 4.97. The number of carboxylic acid groups (broad SMARTS) is 1. The van der Waals surface area contributed by atoms with Crippen molar-refractivity contribution in [1.29, 1.82) is 0 Å². The number of benzene rings is 1. The number of aromatic amines is 1. The summed E-state index contributed by atoms with van der Waals surface area (Å²) >= 11 is 0. The molecule has 1 amide bonds. The van der Waals surface area contributed by atoms with Crippen molar-refractivity contribution < 1.29 is 14.7 Å². The van der Waals surface area contributed by atoms with Crippen LogP contribution in [0.5, 0.6) is 0 Å². The molecule has 0 spiro atoms. The van der Waals surface area contributed by atoms with Crippen molar-refractivity contribution in [3.05, 3.63) is 41.7 Å². The third-order valence-corrected chi connectivity index (χ3v) is 7.89.